The molecule has 6 heteroatoms. The van der Waals surface area contributed by atoms with Crippen LogP contribution in [0.4, 0.5) is 0 Å². The molecule has 0 aromatic rings. The zero-order valence-corrected chi connectivity index (χ0v) is 8.02. The first-order chi connectivity index (χ1) is 6.11. The van der Waals surface area contributed by atoms with Crippen LogP contribution in [0.3, 0.4) is 0 Å². The van der Waals surface area contributed by atoms with Crippen molar-refractivity contribution < 1.29 is 25.2 Å². The molecule has 1 aliphatic heterocycles. The highest BCUT2D eigenvalue weighted by atomic mass is 32.2. The summed E-state index contributed by atoms with van der Waals surface area (Å²) < 4.78 is 5.13. The maximum absolute atomic E-state index is 9.38. The summed E-state index contributed by atoms with van der Waals surface area (Å²) in [4.78, 5) is 0. The van der Waals surface area contributed by atoms with Gasteiger partial charge < -0.3 is 25.2 Å². The van der Waals surface area contributed by atoms with E-state index >= 15 is 0 Å². The second-order valence-electron chi connectivity index (χ2n) is 2.93. The van der Waals surface area contributed by atoms with Crippen LogP contribution in [0.15, 0.2) is 0 Å². The van der Waals surface area contributed by atoms with Crippen LogP contribution < -0.4 is 0 Å². The first-order valence-electron chi connectivity index (χ1n) is 3.95. The van der Waals surface area contributed by atoms with E-state index in [9.17, 15) is 15.3 Å². The summed E-state index contributed by atoms with van der Waals surface area (Å²) in [6.07, 6.45) is -2.72. The Hall–Kier alpha value is 0.150. The van der Waals surface area contributed by atoms with Crippen LogP contribution in [0.5, 0.6) is 0 Å². The lowest BCUT2D eigenvalue weighted by Crippen LogP contribution is -2.57. The molecule has 1 saturated heterocycles. The Morgan fingerprint density at radius 2 is 1.77 bits per heavy atom. The summed E-state index contributed by atoms with van der Waals surface area (Å²) in [6.45, 7) is -0.373. The number of aliphatic hydroxyl groups excluding tert-OH is 4. The molecule has 0 unspecified atom stereocenters. The largest absolute Gasteiger partial charge is 0.394 e. The third-order valence-corrected chi connectivity index (χ3v) is 2.94. The number of hydrogen-bond acceptors (Lipinski definition) is 6. The van der Waals surface area contributed by atoms with E-state index in [-0.39, 0.29) is 6.61 Å². The molecule has 0 aromatic heterocycles. The topological polar surface area (TPSA) is 90.2 Å². The number of thioether (sulfide) groups is 1. The first-order valence-corrected chi connectivity index (χ1v) is 5.24. The fourth-order valence-electron chi connectivity index (χ4n) is 1.26. The molecule has 5 atom stereocenters. The molecular weight excluding hydrogens is 196 g/mol. The summed E-state index contributed by atoms with van der Waals surface area (Å²) in [7, 11) is 0. The zero-order valence-electron chi connectivity index (χ0n) is 7.20. The third-order valence-electron chi connectivity index (χ3n) is 2.08. The summed E-state index contributed by atoms with van der Waals surface area (Å²) in [5.74, 6) is 0. The summed E-state index contributed by atoms with van der Waals surface area (Å²) in [5, 5.41) is 36.8. The minimum absolute atomic E-state index is 0.373. The number of ether oxygens (including phenoxy) is 1. The van der Waals surface area contributed by atoms with Gasteiger partial charge in [0.15, 0.2) is 0 Å². The molecule has 1 rings (SSSR count). The molecule has 0 aliphatic carbocycles. The minimum Gasteiger partial charge on any atom is -0.394 e. The highest BCUT2D eigenvalue weighted by Gasteiger charge is 2.42. The van der Waals surface area contributed by atoms with Gasteiger partial charge in [-0.1, -0.05) is 0 Å². The average molecular weight is 210 g/mol. The Morgan fingerprint density at radius 1 is 1.15 bits per heavy atom. The van der Waals surface area contributed by atoms with Gasteiger partial charge in [0.2, 0.25) is 0 Å². The lowest BCUT2D eigenvalue weighted by Gasteiger charge is -2.39. The second-order valence-corrected chi connectivity index (χ2v) is 3.87. The quantitative estimate of drug-likeness (QED) is 0.428. The van der Waals surface area contributed by atoms with E-state index in [2.05, 4.69) is 0 Å². The van der Waals surface area contributed by atoms with Crippen LogP contribution in [0.1, 0.15) is 0 Å². The van der Waals surface area contributed by atoms with E-state index in [1.807, 2.05) is 0 Å². The smallest absolute Gasteiger partial charge is 0.132 e. The maximum Gasteiger partial charge on any atom is 0.132 e. The molecule has 1 aliphatic rings. The number of hydrogen-bond donors (Lipinski definition) is 4. The van der Waals surface area contributed by atoms with Crippen molar-refractivity contribution in [2.45, 2.75) is 29.9 Å². The van der Waals surface area contributed by atoms with Gasteiger partial charge in [0.05, 0.1) is 6.61 Å². The van der Waals surface area contributed by atoms with Gasteiger partial charge in [-0.3, -0.25) is 0 Å². The van der Waals surface area contributed by atoms with E-state index < -0.39 is 29.9 Å². The summed E-state index contributed by atoms with van der Waals surface area (Å²) >= 11 is 1.22. The van der Waals surface area contributed by atoms with Crippen molar-refractivity contribution >= 4 is 11.8 Å². The average Bonchev–Trinajstić information content (AvgIpc) is 2.15. The van der Waals surface area contributed by atoms with Crippen molar-refractivity contribution in [1.29, 1.82) is 0 Å². The number of aliphatic hydroxyl groups is 4. The summed E-state index contributed by atoms with van der Waals surface area (Å²) in [6, 6.07) is 0. The first kappa shape index (κ1) is 11.2. The lowest BCUT2D eigenvalue weighted by atomic mass is 10.0. The number of rotatable bonds is 2. The van der Waals surface area contributed by atoms with Crippen molar-refractivity contribution in [2.75, 3.05) is 12.9 Å². The molecular formula is C7H14O5S. The Balaban J connectivity index is 2.66. The molecule has 0 amide bonds. The van der Waals surface area contributed by atoms with E-state index in [4.69, 9.17) is 9.84 Å². The molecule has 0 radical (unpaired) electrons. The van der Waals surface area contributed by atoms with Crippen LogP contribution >= 0.6 is 11.8 Å². The predicted octanol–water partition coefficient (Wildman–Crippen LogP) is -1.85. The molecule has 78 valence electrons. The highest BCUT2D eigenvalue weighted by Crippen LogP contribution is 2.26. The maximum atomic E-state index is 9.38. The molecule has 5 nitrogen and oxygen atoms in total. The van der Waals surface area contributed by atoms with Gasteiger partial charge in [0.25, 0.3) is 0 Å². The molecule has 13 heavy (non-hydrogen) atoms. The highest BCUT2D eigenvalue weighted by molar-refractivity contribution is 7.99. The van der Waals surface area contributed by atoms with Gasteiger partial charge in [0.1, 0.15) is 29.9 Å². The normalized spacial score (nSPS) is 46.4. The zero-order chi connectivity index (χ0) is 10.0. The van der Waals surface area contributed by atoms with Crippen molar-refractivity contribution in [3.8, 4) is 0 Å². The molecule has 1 heterocycles. The van der Waals surface area contributed by atoms with Crippen molar-refractivity contribution in [1.82, 2.24) is 0 Å². The molecule has 0 aromatic carbocycles. The van der Waals surface area contributed by atoms with Crippen LogP contribution in [0.25, 0.3) is 0 Å². The third kappa shape index (κ3) is 2.15. The fraction of sp³-hybridized carbons (Fsp3) is 1.00. The Labute approximate surface area is 80.3 Å². The Bertz CT molecular complexity index is 147. The van der Waals surface area contributed by atoms with Gasteiger partial charge >= 0.3 is 0 Å². The lowest BCUT2D eigenvalue weighted by molar-refractivity contribution is -0.205. The van der Waals surface area contributed by atoms with Gasteiger partial charge in [-0.15, -0.1) is 11.8 Å². The molecule has 0 bridgehead atoms. The Kier molecular flexibility index (Phi) is 3.96. The SMILES string of the molecule is CS[C@@H]1O[C@H](CO)[C@@H](O)[C@H](O)[C@H]1O. The van der Waals surface area contributed by atoms with Gasteiger partial charge in [-0.25, -0.2) is 0 Å². The Morgan fingerprint density at radius 3 is 2.23 bits per heavy atom. The minimum atomic E-state index is -1.26. The van der Waals surface area contributed by atoms with Crippen molar-refractivity contribution in [3.63, 3.8) is 0 Å². The second kappa shape index (κ2) is 4.59. The van der Waals surface area contributed by atoms with Crippen LogP contribution in [0.2, 0.25) is 0 Å². The molecule has 0 saturated carbocycles. The summed E-state index contributed by atoms with van der Waals surface area (Å²) in [5.41, 5.74) is -0.601. The fourth-order valence-corrected chi connectivity index (χ4v) is 1.96. The van der Waals surface area contributed by atoms with Gasteiger partial charge in [0, 0.05) is 0 Å². The van der Waals surface area contributed by atoms with E-state index in [1.165, 1.54) is 11.8 Å². The molecule has 4 N–H and O–H groups in total. The molecule has 1 fully saturated rings. The van der Waals surface area contributed by atoms with Crippen LogP contribution in [0, 0.1) is 0 Å². The van der Waals surface area contributed by atoms with E-state index in [0.29, 0.717) is 0 Å². The van der Waals surface area contributed by atoms with Crippen LogP contribution in [-0.4, -0.2) is 63.1 Å². The van der Waals surface area contributed by atoms with E-state index in [1.54, 1.807) is 6.26 Å². The predicted molar refractivity (Wildman–Crippen MR) is 47.3 cm³/mol. The van der Waals surface area contributed by atoms with Gasteiger partial charge in [-0.2, -0.15) is 0 Å². The van der Waals surface area contributed by atoms with Crippen molar-refractivity contribution in [2.24, 2.45) is 0 Å². The monoisotopic (exact) mass is 210 g/mol. The van der Waals surface area contributed by atoms with Gasteiger partial charge in [-0.05, 0) is 6.26 Å². The molecule has 0 spiro atoms. The van der Waals surface area contributed by atoms with Crippen LogP contribution in [-0.2, 0) is 4.74 Å². The van der Waals surface area contributed by atoms with Crippen molar-refractivity contribution in [3.05, 3.63) is 0 Å². The standard InChI is InChI=1S/C7H14O5S/c1-13-7-6(11)5(10)4(9)3(2-8)12-7/h3-11H,2H2,1H3/t3-,4-,5+,6-,7+/m1/s1. The van der Waals surface area contributed by atoms with E-state index in [0.717, 1.165) is 0 Å².